The van der Waals surface area contributed by atoms with Crippen molar-refractivity contribution >= 4 is 22.6 Å². The standard InChI is InChI=1S/C15H18F11I/c1-2-3-4-5-6-7-8-10(27)9-11(16,14(21,22)23)12(17,18)13(19,20)15(24,25)26/h9H,2-8H2,1H3. The summed E-state index contributed by atoms with van der Waals surface area (Å²) in [5, 5.41) is 0. The monoisotopic (exact) mass is 534 g/mol. The molecule has 0 saturated heterocycles. The molecular weight excluding hydrogens is 516 g/mol. The Hall–Kier alpha value is -0.300. The normalized spacial score (nSPS) is 17.1. The quantitative estimate of drug-likeness (QED) is 0.151. The first kappa shape index (κ1) is 26.7. The summed E-state index contributed by atoms with van der Waals surface area (Å²) in [5.41, 5.74) is -6.18. The Kier molecular flexibility index (Phi) is 9.36. The minimum absolute atomic E-state index is 0.146. The molecule has 162 valence electrons. The molecule has 0 aliphatic carbocycles. The zero-order valence-corrected chi connectivity index (χ0v) is 16.2. The molecule has 0 spiro atoms. The molecule has 0 bridgehead atoms. The van der Waals surface area contributed by atoms with E-state index < -0.39 is 39.5 Å². The van der Waals surface area contributed by atoms with E-state index >= 15 is 0 Å². The van der Waals surface area contributed by atoms with Crippen LogP contribution in [0.15, 0.2) is 9.66 Å². The molecule has 0 radical (unpaired) electrons. The lowest BCUT2D eigenvalue weighted by molar-refractivity contribution is -0.402. The highest BCUT2D eigenvalue weighted by Crippen LogP contribution is 2.58. The van der Waals surface area contributed by atoms with E-state index in [4.69, 9.17) is 0 Å². The summed E-state index contributed by atoms with van der Waals surface area (Å²) in [6.45, 7) is 1.93. The fourth-order valence-corrected chi connectivity index (χ4v) is 2.93. The van der Waals surface area contributed by atoms with Gasteiger partial charge in [-0.3, -0.25) is 0 Å². The van der Waals surface area contributed by atoms with Crippen LogP contribution in [0.4, 0.5) is 48.3 Å². The second-order valence-electron chi connectivity index (χ2n) is 5.97. The largest absolute Gasteiger partial charge is 0.460 e. The first-order valence-corrected chi connectivity index (χ1v) is 8.98. The van der Waals surface area contributed by atoms with Gasteiger partial charge in [0.2, 0.25) is 0 Å². The SMILES string of the molecule is CCCCCCCCC(I)=CC(F)(C(F)(F)F)C(F)(F)C(F)(F)C(F)(F)F. The van der Waals surface area contributed by atoms with Crippen molar-refractivity contribution < 1.29 is 48.3 Å². The Morgan fingerprint density at radius 1 is 0.667 bits per heavy atom. The summed E-state index contributed by atoms with van der Waals surface area (Å²) in [6, 6.07) is 0. The molecule has 0 rings (SSSR count). The molecule has 0 nitrogen and oxygen atoms in total. The molecular formula is C15H18F11I. The van der Waals surface area contributed by atoms with Gasteiger partial charge in [0.05, 0.1) is 0 Å². The van der Waals surface area contributed by atoms with Gasteiger partial charge in [-0.05, 0) is 45.1 Å². The molecule has 0 aromatic heterocycles. The number of hydrogen-bond donors (Lipinski definition) is 0. The molecule has 0 amide bonds. The topological polar surface area (TPSA) is 0 Å². The summed E-state index contributed by atoms with van der Waals surface area (Å²) in [4.78, 5) is 0. The van der Waals surface area contributed by atoms with Crippen molar-refractivity contribution in [2.75, 3.05) is 0 Å². The van der Waals surface area contributed by atoms with Crippen molar-refractivity contribution in [3.8, 4) is 0 Å². The average Bonchev–Trinajstić information content (AvgIpc) is 2.48. The molecule has 12 heteroatoms. The van der Waals surface area contributed by atoms with Crippen LogP contribution in [0.2, 0.25) is 0 Å². The number of hydrogen-bond acceptors (Lipinski definition) is 0. The molecule has 27 heavy (non-hydrogen) atoms. The van der Waals surface area contributed by atoms with Crippen LogP contribution in [-0.2, 0) is 0 Å². The van der Waals surface area contributed by atoms with Crippen LogP contribution >= 0.6 is 22.6 Å². The molecule has 0 fully saturated rings. The number of rotatable bonds is 10. The maximum Gasteiger partial charge on any atom is 0.460 e. The smallest absolute Gasteiger partial charge is 0.222 e. The summed E-state index contributed by atoms with van der Waals surface area (Å²) in [5.74, 6) is -14.3. The predicted octanol–water partition coefficient (Wildman–Crippen LogP) is 8.16. The third-order valence-electron chi connectivity index (χ3n) is 3.74. The van der Waals surface area contributed by atoms with Gasteiger partial charge in [-0.2, -0.15) is 43.9 Å². The van der Waals surface area contributed by atoms with Crippen molar-refractivity contribution in [2.45, 2.75) is 81.7 Å². The van der Waals surface area contributed by atoms with E-state index in [1.54, 1.807) is 0 Å². The molecule has 1 atom stereocenters. The third kappa shape index (κ3) is 6.09. The van der Waals surface area contributed by atoms with Crippen LogP contribution in [0.25, 0.3) is 0 Å². The minimum atomic E-state index is -7.22. The second kappa shape index (κ2) is 9.47. The highest BCUT2D eigenvalue weighted by molar-refractivity contribution is 14.1. The fraction of sp³-hybridized carbons (Fsp3) is 0.867. The van der Waals surface area contributed by atoms with Crippen LogP contribution in [0.5, 0.6) is 0 Å². The summed E-state index contributed by atoms with van der Waals surface area (Å²) < 4.78 is 141. The number of unbranched alkanes of at least 4 members (excludes halogenated alkanes) is 5. The Labute approximate surface area is 162 Å². The Morgan fingerprint density at radius 2 is 1.11 bits per heavy atom. The minimum Gasteiger partial charge on any atom is -0.222 e. The number of allylic oxidation sites excluding steroid dienone is 2. The summed E-state index contributed by atoms with van der Waals surface area (Å²) in [7, 11) is 0. The Bertz CT molecular complexity index is 493. The van der Waals surface area contributed by atoms with Crippen molar-refractivity contribution in [2.24, 2.45) is 0 Å². The van der Waals surface area contributed by atoms with E-state index in [1.807, 2.05) is 6.92 Å². The summed E-state index contributed by atoms with van der Waals surface area (Å²) in [6.07, 6.45) is -11.1. The highest BCUT2D eigenvalue weighted by atomic mass is 127. The lowest BCUT2D eigenvalue weighted by Gasteiger charge is -2.37. The van der Waals surface area contributed by atoms with Gasteiger partial charge in [-0.15, -0.1) is 0 Å². The van der Waals surface area contributed by atoms with E-state index in [0.29, 0.717) is 12.8 Å². The predicted molar refractivity (Wildman–Crippen MR) is 85.9 cm³/mol. The molecule has 0 aromatic carbocycles. The van der Waals surface area contributed by atoms with Crippen LogP contribution in [-0.4, -0.2) is 29.9 Å². The van der Waals surface area contributed by atoms with Gasteiger partial charge < -0.3 is 0 Å². The third-order valence-corrected chi connectivity index (χ3v) is 4.60. The van der Waals surface area contributed by atoms with Crippen LogP contribution in [0.3, 0.4) is 0 Å². The molecule has 1 unspecified atom stereocenters. The van der Waals surface area contributed by atoms with Gasteiger partial charge in [-0.1, -0.05) is 39.0 Å². The molecule has 0 aliphatic heterocycles. The molecule has 0 heterocycles. The molecule has 0 saturated carbocycles. The Morgan fingerprint density at radius 3 is 1.52 bits per heavy atom. The number of halogens is 12. The molecule has 0 N–H and O–H groups in total. The van der Waals surface area contributed by atoms with Gasteiger partial charge in [0.1, 0.15) is 0 Å². The zero-order chi connectivity index (χ0) is 21.7. The van der Waals surface area contributed by atoms with Gasteiger partial charge >= 0.3 is 24.2 Å². The highest BCUT2D eigenvalue weighted by Gasteiger charge is 2.85. The van der Waals surface area contributed by atoms with E-state index in [2.05, 4.69) is 0 Å². The van der Waals surface area contributed by atoms with E-state index in [-0.39, 0.29) is 12.8 Å². The van der Waals surface area contributed by atoms with Crippen molar-refractivity contribution in [1.82, 2.24) is 0 Å². The van der Waals surface area contributed by atoms with Crippen molar-refractivity contribution in [3.63, 3.8) is 0 Å². The van der Waals surface area contributed by atoms with Crippen molar-refractivity contribution in [1.29, 1.82) is 0 Å². The van der Waals surface area contributed by atoms with E-state index in [0.717, 1.165) is 41.9 Å². The van der Waals surface area contributed by atoms with Gasteiger partial charge in [-0.25, -0.2) is 4.39 Å². The van der Waals surface area contributed by atoms with Crippen LogP contribution in [0, 0.1) is 0 Å². The molecule has 0 aliphatic rings. The maximum absolute atomic E-state index is 14.1. The van der Waals surface area contributed by atoms with Crippen LogP contribution < -0.4 is 0 Å². The molecule has 0 aromatic rings. The Balaban J connectivity index is 5.60. The number of alkyl halides is 11. The summed E-state index contributed by atoms with van der Waals surface area (Å²) >= 11 is 1.03. The first-order chi connectivity index (χ1) is 12.0. The van der Waals surface area contributed by atoms with Crippen LogP contribution in [0.1, 0.15) is 51.9 Å². The second-order valence-corrected chi connectivity index (χ2v) is 7.35. The lowest BCUT2D eigenvalue weighted by Crippen LogP contribution is -2.66. The fourth-order valence-electron chi connectivity index (χ4n) is 2.12. The first-order valence-electron chi connectivity index (χ1n) is 7.91. The zero-order valence-electron chi connectivity index (χ0n) is 14.1. The van der Waals surface area contributed by atoms with Gasteiger partial charge in [0, 0.05) is 0 Å². The average molecular weight is 534 g/mol. The maximum atomic E-state index is 14.1. The van der Waals surface area contributed by atoms with E-state index in [1.165, 1.54) is 0 Å². The van der Waals surface area contributed by atoms with Crippen molar-refractivity contribution in [3.05, 3.63) is 9.66 Å². The van der Waals surface area contributed by atoms with E-state index in [9.17, 15) is 48.3 Å². The van der Waals surface area contributed by atoms with Gasteiger partial charge in [0.15, 0.2) is 0 Å². The van der Waals surface area contributed by atoms with Gasteiger partial charge in [0.25, 0.3) is 5.67 Å². The lowest BCUT2D eigenvalue weighted by atomic mass is 9.90.